The molecule has 0 N–H and O–H groups in total. The van der Waals surface area contributed by atoms with E-state index in [1.807, 2.05) is 0 Å². The van der Waals surface area contributed by atoms with Crippen LogP contribution in [0.5, 0.6) is 11.5 Å². The zero-order valence-corrected chi connectivity index (χ0v) is 31.3. The maximum absolute atomic E-state index is 6.42. The maximum Gasteiger partial charge on any atom is 0.120 e. The summed E-state index contributed by atoms with van der Waals surface area (Å²) in [6, 6.07) is 13.3. The van der Waals surface area contributed by atoms with Gasteiger partial charge in [0.1, 0.15) is 24.7 Å². The van der Waals surface area contributed by atoms with Crippen LogP contribution in [0, 0.1) is 0 Å². The molecule has 0 bridgehead atoms. The Labute approximate surface area is 289 Å². The lowest BCUT2D eigenvalue weighted by Gasteiger charge is -2.22. The van der Waals surface area contributed by atoms with Gasteiger partial charge in [-0.2, -0.15) is 0 Å². The largest absolute Gasteiger partial charge is 0.492 e. The topological polar surface area (TPSA) is 29.9 Å². The number of nitrogens with zero attached hydrogens (tertiary/aromatic N) is 3. The molecule has 0 aliphatic carbocycles. The predicted molar refractivity (Wildman–Crippen MR) is 206 cm³/mol. The molecule has 0 aliphatic rings. The molecule has 47 heavy (non-hydrogen) atoms. The van der Waals surface area contributed by atoms with Crippen LogP contribution in [0.4, 0.5) is 0 Å². The van der Waals surface area contributed by atoms with Crippen molar-refractivity contribution in [1.82, 2.24) is 14.4 Å². The minimum Gasteiger partial charge on any atom is -0.492 e. The second-order valence-electron chi connectivity index (χ2n) is 13.7. The monoisotopic (exact) mass is 650 g/mol. The van der Waals surface area contributed by atoms with E-state index in [0.29, 0.717) is 0 Å². The highest BCUT2D eigenvalue weighted by Gasteiger charge is 2.13. The predicted octanol–water partition coefficient (Wildman–Crippen LogP) is 11.5. The Morgan fingerprint density at radius 1 is 0.447 bits per heavy atom. The molecule has 0 radical (unpaired) electrons. The molecule has 0 unspecified atom stereocenters. The zero-order valence-electron chi connectivity index (χ0n) is 31.3. The maximum atomic E-state index is 6.42. The van der Waals surface area contributed by atoms with Crippen molar-refractivity contribution in [2.24, 2.45) is 0 Å². The third-order valence-corrected chi connectivity index (χ3v) is 9.79. The van der Waals surface area contributed by atoms with Crippen LogP contribution in [-0.2, 0) is 6.54 Å². The summed E-state index contributed by atoms with van der Waals surface area (Å²) in [4.78, 5) is 5.27. The number of hydrogen-bond acceptors (Lipinski definition) is 4. The lowest BCUT2D eigenvalue weighted by molar-refractivity contribution is 0.202. The van der Waals surface area contributed by atoms with Gasteiger partial charge in [-0.1, -0.05) is 105 Å². The quantitative estimate of drug-likeness (QED) is 0.0700. The van der Waals surface area contributed by atoms with Crippen LogP contribution < -0.4 is 9.47 Å². The van der Waals surface area contributed by atoms with E-state index in [0.717, 1.165) is 44.3 Å². The number of rotatable bonds is 29. The highest BCUT2D eigenvalue weighted by molar-refractivity contribution is 6.09. The third kappa shape index (κ3) is 14.0. The Balaban J connectivity index is 1.64. The molecule has 3 rings (SSSR count). The highest BCUT2D eigenvalue weighted by atomic mass is 16.5. The Hall–Kier alpha value is -2.24. The van der Waals surface area contributed by atoms with Gasteiger partial charge in [0.2, 0.25) is 0 Å². The lowest BCUT2D eigenvalue weighted by atomic mass is 10.1. The smallest absolute Gasteiger partial charge is 0.120 e. The van der Waals surface area contributed by atoms with Crippen LogP contribution in [0.15, 0.2) is 36.4 Å². The van der Waals surface area contributed by atoms with Gasteiger partial charge < -0.3 is 14.0 Å². The Morgan fingerprint density at radius 3 is 1.13 bits per heavy atom. The zero-order chi connectivity index (χ0) is 33.5. The minimum atomic E-state index is 0.737. The van der Waals surface area contributed by atoms with Crippen molar-refractivity contribution in [2.75, 3.05) is 52.5 Å². The molecule has 0 fully saturated rings. The van der Waals surface area contributed by atoms with Crippen LogP contribution in [0.2, 0.25) is 0 Å². The van der Waals surface area contributed by atoms with Crippen molar-refractivity contribution in [3.05, 3.63) is 36.4 Å². The summed E-state index contributed by atoms with van der Waals surface area (Å²) >= 11 is 0. The first-order valence-corrected chi connectivity index (χ1v) is 19.9. The first kappa shape index (κ1) is 39.2. The van der Waals surface area contributed by atoms with Crippen molar-refractivity contribution in [3.63, 3.8) is 0 Å². The van der Waals surface area contributed by atoms with Crippen molar-refractivity contribution >= 4 is 21.8 Å². The van der Waals surface area contributed by atoms with Crippen LogP contribution in [0.1, 0.15) is 137 Å². The second-order valence-corrected chi connectivity index (χ2v) is 13.7. The summed E-state index contributed by atoms with van der Waals surface area (Å²) in [5, 5.41) is 2.52. The van der Waals surface area contributed by atoms with Crippen molar-refractivity contribution in [2.45, 2.75) is 144 Å². The van der Waals surface area contributed by atoms with Gasteiger partial charge in [-0.3, -0.25) is 9.80 Å². The molecule has 0 saturated carbocycles. The number of hydrogen-bond donors (Lipinski definition) is 0. The molecule has 5 nitrogen and oxygen atoms in total. The van der Waals surface area contributed by atoms with E-state index >= 15 is 0 Å². The van der Waals surface area contributed by atoms with Crippen molar-refractivity contribution < 1.29 is 9.47 Å². The third-order valence-electron chi connectivity index (χ3n) is 9.79. The molecule has 0 atom stereocenters. The van der Waals surface area contributed by atoms with E-state index in [4.69, 9.17) is 9.47 Å². The fraction of sp³-hybridized carbons (Fsp3) is 0.714. The number of fused-ring (bicyclic) bond motifs is 3. The summed E-state index contributed by atoms with van der Waals surface area (Å²) in [6.45, 7) is 20.6. The first-order chi connectivity index (χ1) is 23.1. The summed E-state index contributed by atoms with van der Waals surface area (Å²) in [5.41, 5.74) is 2.54. The molecule has 1 aromatic heterocycles. The minimum absolute atomic E-state index is 0.737. The second kappa shape index (κ2) is 24.0. The normalized spacial score (nSPS) is 11.9. The Kier molecular flexibility index (Phi) is 20.0. The van der Waals surface area contributed by atoms with Crippen molar-refractivity contribution in [3.8, 4) is 11.5 Å². The number of benzene rings is 2. The van der Waals surface area contributed by atoms with Crippen LogP contribution in [0.3, 0.4) is 0 Å². The summed E-state index contributed by atoms with van der Waals surface area (Å²) in [7, 11) is 0. The molecule has 0 saturated heterocycles. The van der Waals surface area contributed by atoms with Crippen molar-refractivity contribution in [1.29, 1.82) is 0 Å². The van der Waals surface area contributed by atoms with Gasteiger partial charge in [-0.15, -0.1) is 0 Å². The summed E-state index contributed by atoms with van der Waals surface area (Å²) < 4.78 is 15.3. The van der Waals surface area contributed by atoms with E-state index in [9.17, 15) is 0 Å². The molecular weight excluding hydrogens is 578 g/mol. The Bertz CT molecular complexity index is 1110. The number of unbranched alkanes of at least 4 members (excludes halogenated alkanes) is 12. The summed E-state index contributed by atoms with van der Waals surface area (Å²) in [5.74, 6) is 1.94. The Morgan fingerprint density at radius 2 is 0.809 bits per heavy atom. The number of aryl methyl sites for hydroxylation is 1. The van der Waals surface area contributed by atoms with E-state index in [2.05, 4.69) is 85.4 Å². The summed E-state index contributed by atoms with van der Waals surface area (Å²) in [6.07, 6.45) is 21.1. The molecule has 2 aromatic carbocycles. The SMILES string of the molecule is CCCCCCN(CCCCCC)CCOc1ccc2c(c1)c1cc(OCCN(CCCCCC)CCCCCC)ccc1n2CC. The van der Waals surface area contributed by atoms with Gasteiger partial charge in [0.25, 0.3) is 0 Å². The van der Waals surface area contributed by atoms with Gasteiger partial charge in [0, 0.05) is 41.4 Å². The average Bonchev–Trinajstić information content (AvgIpc) is 3.40. The van der Waals surface area contributed by atoms with E-state index in [1.165, 1.54) is 151 Å². The molecule has 3 aromatic rings. The van der Waals surface area contributed by atoms with Gasteiger partial charge >= 0.3 is 0 Å². The molecule has 0 aliphatic heterocycles. The molecular formula is C42H71N3O2. The number of ether oxygens (including phenoxy) is 2. The van der Waals surface area contributed by atoms with E-state index < -0.39 is 0 Å². The van der Waals surface area contributed by atoms with E-state index in [-0.39, 0.29) is 0 Å². The highest BCUT2D eigenvalue weighted by Crippen LogP contribution is 2.34. The van der Waals surface area contributed by atoms with Gasteiger partial charge in [-0.25, -0.2) is 0 Å². The lowest BCUT2D eigenvalue weighted by Crippen LogP contribution is -2.30. The molecule has 5 heteroatoms. The van der Waals surface area contributed by atoms with Crippen LogP contribution in [-0.4, -0.2) is 66.8 Å². The van der Waals surface area contributed by atoms with Crippen LogP contribution >= 0.6 is 0 Å². The van der Waals surface area contributed by atoms with Crippen LogP contribution in [0.25, 0.3) is 21.8 Å². The van der Waals surface area contributed by atoms with Gasteiger partial charge in [0.05, 0.1) is 0 Å². The first-order valence-electron chi connectivity index (χ1n) is 19.9. The molecule has 266 valence electrons. The standard InChI is InChI=1S/C42H71N3O2/c1-6-11-15-19-27-43(28-20-16-12-7-2)31-33-46-37-23-25-41-39(35-37)40-36-38(24-26-42(40)45(41)10-5)47-34-32-44(29-21-17-13-8-3)30-22-18-14-9-4/h23-26,35-36H,6-22,27-34H2,1-5H3. The molecule has 0 amide bonds. The fourth-order valence-electron chi connectivity index (χ4n) is 6.89. The number of aromatic nitrogens is 1. The average molecular weight is 650 g/mol. The van der Waals surface area contributed by atoms with Gasteiger partial charge in [0.15, 0.2) is 0 Å². The van der Waals surface area contributed by atoms with E-state index in [1.54, 1.807) is 0 Å². The molecule has 0 spiro atoms. The molecule has 1 heterocycles. The fourth-order valence-corrected chi connectivity index (χ4v) is 6.89. The van der Waals surface area contributed by atoms with Gasteiger partial charge in [-0.05, 0) is 95.2 Å².